The van der Waals surface area contributed by atoms with Gasteiger partial charge in [0.1, 0.15) is 0 Å². The fourth-order valence-corrected chi connectivity index (χ4v) is 1.03. The molecule has 2 unspecified atom stereocenters. The molecule has 1 radical (unpaired) electrons. The normalized spacial score (nSPS) is 16.8. The van der Waals surface area contributed by atoms with Crippen molar-refractivity contribution in [2.24, 2.45) is 0 Å². The number of hydrogen-bond acceptors (Lipinski definition) is 2. The summed E-state index contributed by atoms with van der Waals surface area (Å²) in [6.07, 6.45) is 4.39. The lowest BCUT2D eigenvalue weighted by molar-refractivity contribution is 0.664. The van der Waals surface area contributed by atoms with E-state index in [1.165, 1.54) is 6.42 Å². The van der Waals surface area contributed by atoms with E-state index in [1.54, 1.807) is 0 Å². The first-order valence-electron chi connectivity index (χ1n) is 3.86. The van der Waals surface area contributed by atoms with Crippen molar-refractivity contribution in [2.45, 2.75) is 43.1 Å². The highest BCUT2D eigenvalue weighted by atomic mass is 32.1. The van der Waals surface area contributed by atoms with Crippen molar-refractivity contribution in [1.82, 2.24) is 0 Å². The van der Waals surface area contributed by atoms with Gasteiger partial charge in [-0.25, -0.2) is 0 Å². The highest BCUT2D eigenvalue weighted by Gasteiger charge is 2.03. The van der Waals surface area contributed by atoms with Crippen molar-refractivity contribution in [3.63, 3.8) is 0 Å². The Labute approximate surface area is 75.6 Å². The van der Waals surface area contributed by atoms with Gasteiger partial charge in [-0.1, -0.05) is 13.8 Å². The molecule has 0 aliphatic carbocycles. The number of thiol groups is 2. The molecule has 0 aliphatic heterocycles. The van der Waals surface area contributed by atoms with Crippen LogP contribution in [0.3, 0.4) is 0 Å². The van der Waals surface area contributed by atoms with Crippen LogP contribution in [-0.2, 0) is 0 Å². The third-order valence-electron chi connectivity index (χ3n) is 1.64. The maximum Gasteiger partial charge on any atom is 0.00172 e. The molecule has 2 heteroatoms. The molecule has 0 saturated carbocycles. The minimum absolute atomic E-state index is 0.473. The van der Waals surface area contributed by atoms with Crippen LogP contribution in [0.4, 0.5) is 0 Å². The third-order valence-corrected chi connectivity index (χ3v) is 2.78. The Morgan fingerprint density at radius 1 is 1.20 bits per heavy atom. The van der Waals surface area contributed by atoms with E-state index in [4.69, 9.17) is 0 Å². The first-order chi connectivity index (χ1) is 4.70. The molecule has 0 aromatic carbocycles. The molecule has 61 valence electrons. The van der Waals surface area contributed by atoms with Crippen LogP contribution in [-0.4, -0.2) is 10.5 Å². The zero-order chi connectivity index (χ0) is 7.98. The monoisotopic (exact) mass is 177 g/mol. The SMILES string of the molecule is [CH2]CC(S)CCC(S)CC. The van der Waals surface area contributed by atoms with Crippen LogP contribution in [0.2, 0.25) is 0 Å². The zero-order valence-electron chi connectivity index (χ0n) is 6.58. The van der Waals surface area contributed by atoms with Crippen LogP contribution in [0.15, 0.2) is 0 Å². The van der Waals surface area contributed by atoms with Crippen molar-refractivity contribution >= 4 is 25.3 Å². The zero-order valence-corrected chi connectivity index (χ0v) is 8.37. The Morgan fingerprint density at radius 2 is 1.70 bits per heavy atom. The smallest absolute Gasteiger partial charge is 0.00172 e. The van der Waals surface area contributed by atoms with Gasteiger partial charge in [0.25, 0.3) is 0 Å². The standard InChI is InChI=1S/C8H17S2/c1-3-7(9)5-6-8(10)4-2/h7-10H,1,3-6H2,2H3. The van der Waals surface area contributed by atoms with Gasteiger partial charge in [0, 0.05) is 10.5 Å². The van der Waals surface area contributed by atoms with Crippen molar-refractivity contribution in [3.05, 3.63) is 6.92 Å². The number of hydrogen-bond donors (Lipinski definition) is 2. The summed E-state index contributed by atoms with van der Waals surface area (Å²) in [6, 6.07) is 0. The minimum Gasteiger partial charge on any atom is -0.176 e. The molecule has 0 aromatic rings. The maximum absolute atomic E-state index is 4.39. The summed E-state index contributed by atoms with van der Waals surface area (Å²) in [5.74, 6) is 0. The van der Waals surface area contributed by atoms with Gasteiger partial charge < -0.3 is 0 Å². The fraction of sp³-hybridized carbons (Fsp3) is 0.875. The lowest BCUT2D eigenvalue weighted by Crippen LogP contribution is -2.02. The molecule has 0 aromatic heterocycles. The van der Waals surface area contributed by atoms with Gasteiger partial charge in [0.2, 0.25) is 0 Å². The van der Waals surface area contributed by atoms with E-state index in [1.807, 2.05) is 0 Å². The van der Waals surface area contributed by atoms with Crippen LogP contribution in [0.25, 0.3) is 0 Å². The van der Waals surface area contributed by atoms with E-state index in [-0.39, 0.29) is 0 Å². The van der Waals surface area contributed by atoms with Gasteiger partial charge in [-0.05, 0) is 25.7 Å². The second-order valence-corrected chi connectivity index (χ2v) is 4.04. The molecule has 0 nitrogen and oxygen atoms in total. The van der Waals surface area contributed by atoms with Crippen LogP contribution < -0.4 is 0 Å². The molecular formula is C8H17S2. The second kappa shape index (κ2) is 6.41. The van der Waals surface area contributed by atoms with E-state index < -0.39 is 0 Å². The molecule has 2 atom stereocenters. The van der Waals surface area contributed by atoms with E-state index >= 15 is 0 Å². The highest BCUT2D eigenvalue weighted by molar-refractivity contribution is 7.81. The molecule has 0 amide bonds. The summed E-state index contributed by atoms with van der Waals surface area (Å²) in [4.78, 5) is 0. The lowest BCUT2D eigenvalue weighted by atomic mass is 10.1. The summed E-state index contributed by atoms with van der Waals surface area (Å²) in [5, 5.41) is 1.03. The first-order valence-corrected chi connectivity index (χ1v) is 4.89. The third kappa shape index (κ3) is 5.48. The maximum atomic E-state index is 4.39. The van der Waals surface area contributed by atoms with Crippen molar-refractivity contribution in [3.8, 4) is 0 Å². The van der Waals surface area contributed by atoms with Crippen LogP contribution >= 0.6 is 25.3 Å². The molecule has 0 heterocycles. The average molecular weight is 177 g/mol. The Balaban J connectivity index is 3.17. The first kappa shape index (κ1) is 10.7. The minimum atomic E-state index is 0.473. The Hall–Kier alpha value is 0.700. The quantitative estimate of drug-likeness (QED) is 0.593. The molecule has 0 bridgehead atoms. The van der Waals surface area contributed by atoms with E-state index in [0.717, 1.165) is 19.3 Å². The number of rotatable bonds is 5. The molecular weight excluding hydrogens is 160 g/mol. The van der Waals surface area contributed by atoms with Gasteiger partial charge in [-0.2, -0.15) is 25.3 Å². The van der Waals surface area contributed by atoms with Crippen molar-refractivity contribution in [2.75, 3.05) is 0 Å². The summed E-state index contributed by atoms with van der Waals surface area (Å²) >= 11 is 8.74. The summed E-state index contributed by atoms with van der Waals surface area (Å²) in [5.41, 5.74) is 0. The van der Waals surface area contributed by atoms with E-state index in [0.29, 0.717) is 10.5 Å². The Bertz CT molecular complexity index is 63.7. The largest absolute Gasteiger partial charge is 0.176 e. The predicted octanol–water partition coefficient (Wildman–Crippen LogP) is 3.00. The van der Waals surface area contributed by atoms with Gasteiger partial charge in [-0.3, -0.25) is 0 Å². The predicted molar refractivity (Wildman–Crippen MR) is 55.0 cm³/mol. The van der Waals surface area contributed by atoms with Gasteiger partial charge in [-0.15, -0.1) is 0 Å². The van der Waals surface area contributed by atoms with Gasteiger partial charge in [0.05, 0.1) is 0 Å². The Morgan fingerprint density at radius 3 is 2.10 bits per heavy atom. The van der Waals surface area contributed by atoms with Crippen molar-refractivity contribution in [1.29, 1.82) is 0 Å². The molecule has 0 aliphatic rings. The van der Waals surface area contributed by atoms with E-state index in [9.17, 15) is 0 Å². The lowest BCUT2D eigenvalue weighted by Gasteiger charge is -2.10. The van der Waals surface area contributed by atoms with Gasteiger partial charge >= 0.3 is 0 Å². The van der Waals surface area contributed by atoms with Crippen LogP contribution in [0, 0.1) is 6.92 Å². The molecule has 0 fully saturated rings. The second-order valence-electron chi connectivity index (χ2n) is 2.58. The Kier molecular flexibility index (Phi) is 6.86. The highest BCUT2D eigenvalue weighted by Crippen LogP contribution is 2.14. The van der Waals surface area contributed by atoms with Crippen LogP contribution in [0.5, 0.6) is 0 Å². The fourth-order valence-electron chi connectivity index (χ4n) is 0.733. The summed E-state index contributed by atoms with van der Waals surface area (Å²) in [7, 11) is 0. The molecule has 0 N–H and O–H groups in total. The van der Waals surface area contributed by atoms with Crippen molar-refractivity contribution < 1.29 is 0 Å². The van der Waals surface area contributed by atoms with Crippen LogP contribution in [0.1, 0.15) is 32.6 Å². The van der Waals surface area contributed by atoms with Gasteiger partial charge in [0.15, 0.2) is 0 Å². The summed E-state index contributed by atoms with van der Waals surface area (Å²) in [6.45, 7) is 5.95. The average Bonchev–Trinajstić information content (AvgIpc) is 1.99. The topological polar surface area (TPSA) is 0 Å². The summed E-state index contributed by atoms with van der Waals surface area (Å²) < 4.78 is 0. The molecule has 0 saturated heterocycles. The molecule has 10 heavy (non-hydrogen) atoms. The van der Waals surface area contributed by atoms with E-state index in [2.05, 4.69) is 39.1 Å². The molecule has 0 rings (SSSR count). The molecule has 0 spiro atoms.